The fourth-order valence-corrected chi connectivity index (χ4v) is 2.84. The third kappa shape index (κ3) is 5.14. The van der Waals surface area contributed by atoms with E-state index in [9.17, 15) is 39.5 Å². The van der Waals surface area contributed by atoms with Crippen LogP contribution in [0.5, 0.6) is 11.5 Å². The largest absolute Gasteiger partial charge is 0.493 e. The maximum absolute atomic E-state index is 13.3. The monoisotopic (exact) mass is 485 g/mol. The quantitative estimate of drug-likeness (QED) is 0.431. The SMILES string of the molecule is COc1cc2nc(C(F)(F)F)nc(Nc3cc(C(F)(F)F)cc(C(F)(F)F)c3)c2cc1OC. The van der Waals surface area contributed by atoms with Crippen molar-refractivity contribution in [2.45, 2.75) is 18.5 Å². The van der Waals surface area contributed by atoms with Crippen molar-refractivity contribution in [2.24, 2.45) is 0 Å². The van der Waals surface area contributed by atoms with Crippen LogP contribution in [0.15, 0.2) is 30.3 Å². The summed E-state index contributed by atoms with van der Waals surface area (Å²) in [7, 11) is 2.42. The van der Waals surface area contributed by atoms with E-state index in [0.717, 1.165) is 12.1 Å². The summed E-state index contributed by atoms with van der Waals surface area (Å²) in [6, 6.07) is 2.71. The maximum Gasteiger partial charge on any atom is 0.451 e. The topological polar surface area (TPSA) is 56.3 Å². The van der Waals surface area contributed by atoms with Gasteiger partial charge in [0, 0.05) is 17.1 Å². The molecule has 0 spiro atoms. The molecule has 0 saturated carbocycles. The van der Waals surface area contributed by atoms with Gasteiger partial charge in [0.05, 0.1) is 30.9 Å². The van der Waals surface area contributed by atoms with Gasteiger partial charge < -0.3 is 14.8 Å². The average molecular weight is 485 g/mol. The van der Waals surface area contributed by atoms with Gasteiger partial charge in [-0.3, -0.25) is 0 Å². The average Bonchev–Trinajstić information content (AvgIpc) is 2.70. The Bertz CT molecular complexity index is 1160. The second kappa shape index (κ2) is 8.15. The highest BCUT2D eigenvalue weighted by Crippen LogP contribution is 2.40. The molecule has 0 atom stereocenters. The zero-order valence-corrected chi connectivity index (χ0v) is 16.5. The Balaban J connectivity index is 2.27. The van der Waals surface area contributed by atoms with Gasteiger partial charge in [-0.05, 0) is 24.3 Å². The molecule has 0 unspecified atom stereocenters. The fraction of sp³-hybridized carbons (Fsp3) is 0.263. The number of hydrogen-bond acceptors (Lipinski definition) is 5. The van der Waals surface area contributed by atoms with Gasteiger partial charge >= 0.3 is 18.5 Å². The standard InChI is InChI=1S/C19H12F9N3O2/c1-32-13-6-11-12(7-14(13)33-2)30-16(19(26,27)28)31-15(11)29-10-4-8(17(20,21)22)3-9(5-10)18(23,24)25/h3-7H,1-2H3,(H,29,30,31). The molecule has 33 heavy (non-hydrogen) atoms. The molecule has 0 amide bonds. The summed E-state index contributed by atoms with van der Waals surface area (Å²) in [5.41, 5.74) is -4.46. The minimum Gasteiger partial charge on any atom is -0.493 e. The second-order valence-corrected chi connectivity index (χ2v) is 6.54. The van der Waals surface area contributed by atoms with Crippen molar-refractivity contribution in [3.63, 3.8) is 0 Å². The van der Waals surface area contributed by atoms with Crippen molar-refractivity contribution >= 4 is 22.4 Å². The molecule has 5 nitrogen and oxygen atoms in total. The molecule has 0 saturated heterocycles. The predicted octanol–water partition coefficient (Wildman–Crippen LogP) is 6.45. The van der Waals surface area contributed by atoms with Crippen molar-refractivity contribution in [3.05, 3.63) is 47.3 Å². The van der Waals surface area contributed by atoms with E-state index in [-0.39, 0.29) is 28.5 Å². The molecule has 2 aromatic carbocycles. The molecule has 1 heterocycles. The summed E-state index contributed by atoms with van der Waals surface area (Å²) in [5, 5.41) is 1.95. The van der Waals surface area contributed by atoms with E-state index >= 15 is 0 Å². The lowest BCUT2D eigenvalue weighted by Crippen LogP contribution is -2.14. The predicted molar refractivity (Wildman–Crippen MR) is 97.4 cm³/mol. The summed E-state index contributed by atoms with van der Waals surface area (Å²) >= 11 is 0. The molecule has 1 aromatic heterocycles. The summed E-state index contributed by atoms with van der Waals surface area (Å²) in [5.74, 6) is -2.37. The third-order valence-electron chi connectivity index (χ3n) is 4.31. The van der Waals surface area contributed by atoms with Crippen LogP contribution < -0.4 is 14.8 Å². The van der Waals surface area contributed by atoms with E-state index in [0.29, 0.717) is 12.1 Å². The Labute approximate surface area is 179 Å². The maximum atomic E-state index is 13.3. The Morgan fingerprint density at radius 3 is 1.64 bits per heavy atom. The van der Waals surface area contributed by atoms with Crippen LogP contribution in [-0.2, 0) is 18.5 Å². The highest BCUT2D eigenvalue weighted by Gasteiger charge is 2.38. The zero-order chi connectivity index (χ0) is 24.8. The minimum absolute atomic E-state index is 0.0106. The van der Waals surface area contributed by atoms with Crippen molar-refractivity contribution in [3.8, 4) is 11.5 Å². The molecule has 3 aromatic rings. The third-order valence-corrected chi connectivity index (χ3v) is 4.31. The normalized spacial score (nSPS) is 12.7. The number of ether oxygens (including phenoxy) is 2. The van der Waals surface area contributed by atoms with Crippen LogP contribution in [0.2, 0.25) is 0 Å². The fourth-order valence-electron chi connectivity index (χ4n) is 2.84. The zero-order valence-electron chi connectivity index (χ0n) is 16.5. The van der Waals surface area contributed by atoms with Crippen LogP contribution in [0.1, 0.15) is 17.0 Å². The van der Waals surface area contributed by atoms with Gasteiger partial charge in [0.25, 0.3) is 0 Å². The highest BCUT2D eigenvalue weighted by atomic mass is 19.4. The van der Waals surface area contributed by atoms with E-state index in [1.54, 1.807) is 0 Å². The van der Waals surface area contributed by atoms with E-state index in [1.165, 1.54) is 14.2 Å². The first-order valence-electron chi connectivity index (χ1n) is 8.71. The number of hydrogen-bond donors (Lipinski definition) is 1. The van der Waals surface area contributed by atoms with Gasteiger partial charge in [-0.25, -0.2) is 9.97 Å². The summed E-state index contributed by atoms with van der Waals surface area (Å²) in [6.45, 7) is 0. The van der Waals surface area contributed by atoms with E-state index in [1.807, 2.05) is 0 Å². The van der Waals surface area contributed by atoms with Gasteiger partial charge in [0.15, 0.2) is 11.5 Å². The Kier molecular flexibility index (Phi) is 5.98. The number of alkyl halides is 9. The Hall–Kier alpha value is -3.45. The lowest BCUT2D eigenvalue weighted by Gasteiger charge is -2.17. The van der Waals surface area contributed by atoms with Crippen LogP contribution >= 0.6 is 0 Å². The van der Waals surface area contributed by atoms with Crippen molar-refractivity contribution in [2.75, 3.05) is 19.5 Å². The van der Waals surface area contributed by atoms with Crippen LogP contribution in [0.3, 0.4) is 0 Å². The first-order valence-corrected chi connectivity index (χ1v) is 8.71. The molecule has 0 aliphatic heterocycles. The van der Waals surface area contributed by atoms with Gasteiger partial charge in [-0.15, -0.1) is 0 Å². The molecule has 0 aliphatic carbocycles. The first kappa shape index (κ1) is 24.2. The molecule has 0 aliphatic rings. The lowest BCUT2D eigenvalue weighted by atomic mass is 10.1. The van der Waals surface area contributed by atoms with Crippen molar-refractivity contribution in [1.82, 2.24) is 9.97 Å². The first-order chi connectivity index (χ1) is 15.1. The Morgan fingerprint density at radius 1 is 0.667 bits per heavy atom. The minimum atomic E-state index is -5.15. The van der Waals surface area contributed by atoms with Crippen LogP contribution in [-0.4, -0.2) is 24.2 Å². The molecule has 14 heteroatoms. The second-order valence-electron chi connectivity index (χ2n) is 6.54. The lowest BCUT2D eigenvalue weighted by molar-refractivity contribution is -0.145. The molecule has 3 rings (SSSR count). The smallest absolute Gasteiger partial charge is 0.451 e. The summed E-state index contributed by atoms with van der Waals surface area (Å²) < 4.78 is 129. The number of fused-ring (bicyclic) bond motifs is 1. The van der Waals surface area contributed by atoms with Crippen LogP contribution in [0.25, 0.3) is 10.9 Å². The van der Waals surface area contributed by atoms with Crippen molar-refractivity contribution < 1.29 is 49.0 Å². The molecule has 0 fully saturated rings. The number of nitrogens with one attached hydrogen (secondary N) is 1. The van der Waals surface area contributed by atoms with E-state index in [4.69, 9.17) is 9.47 Å². The van der Waals surface area contributed by atoms with E-state index < -0.39 is 47.0 Å². The van der Waals surface area contributed by atoms with Crippen LogP contribution in [0.4, 0.5) is 51.0 Å². The number of nitrogens with zero attached hydrogens (tertiary/aromatic N) is 2. The molecular weight excluding hydrogens is 473 g/mol. The number of halogens is 9. The Morgan fingerprint density at radius 2 is 1.18 bits per heavy atom. The molecule has 0 radical (unpaired) electrons. The number of methoxy groups -OCH3 is 2. The van der Waals surface area contributed by atoms with E-state index in [2.05, 4.69) is 15.3 Å². The van der Waals surface area contributed by atoms with Crippen LogP contribution in [0, 0.1) is 0 Å². The van der Waals surface area contributed by atoms with Gasteiger partial charge in [0.2, 0.25) is 5.82 Å². The molecule has 178 valence electrons. The number of benzene rings is 2. The highest BCUT2D eigenvalue weighted by molar-refractivity contribution is 5.93. The number of rotatable bonds is 4. The summed E-state index contributed by atoms with van der Waals surface area (Å²) in [6.07, 6.45) is -15.4. The summed E-state index contributed by atoms with van der Waals surface area (Å²) in [4.78, 5) is 6.65. The van der Waals surface area contributed by atoms with Crippen molar-refractivity contribution in [1.29, 1.82) is 0 Å². The molecule has 1 N–H and O–H groups in total. The number of anilines is 2. The molecular formula is C19H12F9N3O2. The number of aromatic nitrogens is 2. The van der Waals surface area contributed by atoms with Gasteiger partial charge in [-0.2, -0.15) is 39.5 Å². The van der Waals surface area contributed by atoms with Gasteiger partial charge in [-0.1, -0.05) is 0 Å². The molecule has 0 bridgehead atoms. The van der Waals surface area contributed by atoms with Gasteiger partial charge in [0.1, 0.15) is 5.82 Å².